The molecular weight excluding hydrogens is 368 g/mol. The van der Waals surface area contributed by atoms with E-state index in [1.165, 1.54) is 35.1 Å². The highest BCUT2D eigenvalue weighted by atomic mass is 32.2. The summed E-state index contributed by atoms with van der Waals surface area (Å²) < 4.78 is 7.91. The Balaban J connectivity index is 1.40. The van der Waals surface area contributed by atoms with Crippen LogP contribution in [0.15, 0.2) is 53.7 Å². The van der Waals surface area contributed by atoms with Crippen LogP contribution < -0.4 is 4.90 Å². The SMILES string of the molecule is c1ccc2c(c1)-c1ccccc1C2Sc1nnc(N2CCOCC2)n1C1CC1. The maximum absolute atomic E-state index is 5.53. The minimum absolute atomic E-state index is 0.270. The second-order valence-electron chi connectivity index (χ2n) is 7.66. The lowest BCUT2D eigenvalue weighted by Gasteiger charge is -2.28. The summed E-state index contributed by atoms with van der Waals surface area (Å²) in [5, 5.41) is 10.6. The van der Waals surface area contributed by atoms with E-state index in [4.69, 9.17) is 4.74 Å². The Hall–Kier alpha value is -2.31. The molecule has 0 atom stereocenters. The Bertz CT molecular complexity index is 977. The van der Waals surface area contributed by atoms with Gasteiger partial charge >= 0.3 is 0 Å². The van der Waals surface area contributed by atoms with Crippen molar-refractivity contribution in [2.45, 2.75) is 29.3 Å². The van der Waals surface area contributed by atoms with E-state index in [2.05, 4.69) is 68.2 Å². The molecule has 28 heavy (non-hydrogen) atoms. The van der Waals surface area contributed by atoms with E-state index in [-0.39, 0.29) is 5.25 Å². The molecule has 6 heteroatoms. The molecule has 0 unspecified atom stereocenters. The van der Waals surface area contributed by atoms with Crippen LogP contribution in [0, 0.1) is 0 Å². The van der Waals surface area contributed by atoms with E-state index in [1.807, 2.05) is 11.8 Å². The van der Waals surface area contributed by atoms with Crippen LogP contribution in [0.2, 0.25) is 0 Å². The molecule has 0 N–H and O–H groups in total. The van der Waals surface area contributed by atoms with Crippen molar-refractivity contribution in [3.8, 4) is 11.1 Å². The molecule has 5 nitrogen and oxygen atoms in total. The molecule has 0 bridgehead atoms. The normalized spacial score (nSPS) is 18.9. The summed E-state index contributed by atoms with van der Waals surface area (Å²) in [5.41, 5.74) is 5.46. The monoisotopic (exact) mass is 390 g/mol. The highest BCUT2D eigenvalue weighted by molar-refractivity contribution is 7.99. The van der Waals surface area contributed by atoms with Crippen molar-refractivity contribution < 1.29 is 4.74 Å². The number of morpholine rings is 1. The lowest BCUT2D eigenvalue weighted by Crippen LogP contribution is -2.38. The third-order valence-electron chi connectivity index (χ3n) is 5.85. The largest absolute Gasteiger partial charge is 0.378 e. The molecule has 0 radical (unpaired) electrons. The van der Waals surface area contributed by atoms with E-state index < -0.39 is 0 Å². The highest BCUT2D eigenvalue weighted by Crippen LogP contribution is 2.53. The Morgan fingerprint density at radius 3 is 2.14 bits per heavy atom. The van der Waals surface area contributed by atoms with Gasteiger partial charge in [-0.15, -0.1) is 10.2 Å². The number of hydrogen-bond acceptors (Lipinski definition) is 5. The predicted molar refractivity (Wildman–Crippen MR) is 111 cm³/mol. The van der Waals surface area contributed by atoms with Gasteiger partial charge in [0, 0.05) is 19.1 Å². The molecular formula is C22H22N4OS. The van der Waals surface area contributed by atoms with Crippen molar-refractivity contribution in [2.75, 3.05) is 31.2 Å². The number of rotatable bonds is 4. The molecule has 1 saturated heterocycles. The van der Waals surface area contributed by atoms with Gasteiger partial charge in [-0.05, 0) is 35.1 Å². The molecule has 6 rings (SSSR count). The number of aromatic nitrogens is 3. The molecule has 1 aromatic heterocycles. The fourth-order valence-electron chi connectivity index (χ4n) is 4.32. The van der Waals surface area contributed by atoms with E-state index in [9.17, 15) is 0 Å². The fraction of sp³-hybridized carbons (Fsp3) is 0.364. The maximum Gasteiger partial charge on any atom is 0.228 e. The van der Waals surface area contributed by atoms with Crippen molar-refractivity contribution >= 4 is 17.7 Å². The number of anilines is 1. The van der Waals surface area contributed by atoms with Gasteiger partial charge in [-0.2, -0.15) is 0 Å². The molecule has 0 spiro atoms. The van der Waals surface area contributed by atoms with Crippen molar-refractivity contribution in [3.05, 3.63) is 59.7 Å². The summed E-state index contributed by atoms with van der Waals surface area (Å²) in [6.07, 6.45) is 2.45. The number of nitrogens with zero attached hydrogens (tertiary/aromatic N) is 4. The Morgan fingerprint density at radius 2 is 1.50 bits per heavy atom. The summed E-state index contributed by atoms with van der Waals surface area (Å²) in [6.45, 7) is 3.32. The van der Waals surface area contributed by atoms with Gasteiger partial charge in [-0.1, -0.05) is 60.3 Å². The molecule has 2 aliphatic carbocycles. The van der Waals surface area contributed by atoms with Crippen LogP contribution in [0.25, 0.3) is 11.1 Å². The molecule has 1 aliphatic heterocycles. The average molecular weight is 391 g/mol. The Labute approximate surface area is 168 Å². The summed E-state index contributed by atoms with van der Waals surface area (Å²) >= 11 is 1.85. The van der Waals surface area contributed by atoms with Gasteiger partial charge in [0.1, 0.15) is 0 Å². The second-order valence-corrected chi connectivity index (χ2v) is 8.73. The van der Waals surface area contributed by atoms with E-state index >= 15 is 0 Å². The topological polar surface area (TPSA) is 43.2 Å². The molecule has 2 fully saturated rings. The van der Waals surface area contributed by atoms with Crippen molar-refractivity contribution in [3.63, 3.8) is 0 Å². The zero-order valence-corrected chi connectivity index (χ0v) is 16.4. The van der Waals surface area contributed by atoms with Gasteiger partial charge < -0.3 is 9.64 Å². The standard InChI is InChI=1S/C22H22N4OS/c1-3-7-18-16(5-1)17-6-2-4-8-19(17)20(18)28-22-24-23-21(26(22)15-9-10-15)25-11-13-27-14-12-25/h1-8,15,20H,9-14H2. The summed E-state index contributed by atoms with van der Waals surface area (Å²) in [4.78, 5) is 2.33. The van der Waals surface area contributed by atoms with E-state index in [0.29, 0.717) is 6.04 Å². The number of fused-ring (bicyclic) bond motifs is 3. The lowest BCUT2D eigenvalue weighted by atomic mass is 10.1. The molecule has 2 heterocycles. The van der Waals surface area contributed by atoms with Gasteiger partial charge in [0.25, 0.3) is 0 Å². The smallest absolute Gasteiger partial charge is 0.228 e. The first-order valence-electron chi connectivity index (χ1n) is 10.0. The number of benzene rings is 2. The lowest BCUT2D eigenvalue weighted by molar-refractivity contribution is 0.121. The molecule has 3 aliphatic rings. The molecule has 0 amide bonds. The minimum atomic E-state index is 0.270. The van der Waals surface area contributed by atoms with Crippen molar-refractivity contribution in [2.24, 2.45) is 0 Å². The second kappa shape index (κ2) is 6.64. The highest BCUT2D eigenvalue weighted by Gasteiger charge is 2.35. The van der Waals surface area contributed by atoms with Gasteiger partial charge in [-0.3, -0.25) is 4.57 Å². The zero-order valence-electron chi connectivity index (χ0n) is 15.6. The van der Waals surface area contributed by atoms with Crippen LogP contribution in [0.1, 0.15) is 35.3 Å². The van der Waals surface area contributed by atoms with Gasteiger partial charge in [-0.25, -0.2) is 0 Å². The first-order valence-corrected chi connectivity index (χ1v) is 10.9. The first kappa shape index (κ1) is 16.6. The van der Waals surface area contributed by atoms with Crippen LogP contribution in [0.5, 0.6) is 0 Å². The predicted octanol–water partition coefficient (Wildman–Crippen LogP) is 4.31. The fourth-order valence-corrected chi connectivity index (χ4v) is 5.63. The Morgan fingerprint density at radius 1 is 0.857 bits per heavy atom. The third kappa shape index (κ3) is 2.66. The van der Waals surface area contributed by atoms with Gasteiger partial charge in [0.2, 0.25) is 5.95 Å². The minimum Gasteiger partial charge on any atom is -0.378 e. The van der Waals surface area contributed by atoms with Crippen LogP contribution in [-0.2, 0) is 4.74 Å². The van der Waals surface area contributed by atoms with Crippen LogP contribution in [0.4, 0.5) is 5.95 Å². The van der Waals surface area contributed by atoms with E-state index in [0.717, 1.165) is 37.4 Å². The van der Waals surface area contributed by atoms with Crippen molar-refractivity contribution in [1.29, 1.82) is 0 Å². The Kier molecular flexibility index (Phi) is 3.94. The number of hydrogen-bond donors (Lipinski definition) is 0. The van der Waals surface area contributed by atoms with Gasteiger partial charge in [0.15, 0.2) is 5.16 Å². The van der Waals surface area contributed by atoms with E-state index in [1.54, 1.807) is 0 Å². The third-order valence-corrected chi connectivity index (χ3v) is 7.09. The number of ether oxygens (including phenoxy) is 1. The summed E-state index contributed by atoms with van der Waals surface area (Å²) in [5.74, 6) is 1.02. The van der Waals surface area contributed by atoms with Crippen molar-refractivity contribution in [1.82, 2.24) is 14.8 Å². The summed E-state index contributed by atoms with van der Waals surface area (Å²) in [7, 11) is 0. The first-order chi connectivity index (χ1) is 13.9. The summed E-state index contributed by atoms with van der Waals surface area (Å²) in [6, 6.07) is 18.1. The zero-order chi connectivity index (χ0) is 18.5. The average Bonchev–Trinajstić information content (AvgIpc) is 3.44. The molecule has 3 aromatic rings. The van der Waals surface area contributed by atoms with Crippen LogP contribution >= 0.6 is 11.8 Å². The molecule has 142 valence electrons. The number of thioether (sulfide) groups is 1. The quantitative estimate of drug-likeness (QED) is 0.664. The molecule has 1 saturated carbocycles. The van der Waals surface area contributed by atoms with Crippen LogP contribution in [-0.4, -0.2) is 41.1 Å². The molecule has 2 aromatic carbocycles. The maximum atomic E-state index is 5.53. The van der Waals surface area contributed by atoms with Gasteiger partial charge in [0.05, 0.1) is 18.5 Å². The van der Waals surface area contributed by atoms with Crippen LogP contribution in [0.3, 0.4) is 0 Å².